The van der Waals surface area contributed by atoms with E-state index >= 15 is 0 Å². The molecule has 1 heterocycles. The largest absolute Gasteiger partial charge is 0.479 e. The van der Waals surface area contributed by atoms with E-state index in [0.29, 0.717) is 27.8 Å². The Morgan fingerprint density at radius 1 is 1.00 bits per heavy atom. The number of carbonyl (C=O) groups excluding carboxylic acids is 1. The predicted octanol–water partition coefficient (Wildman–Crippen LogP) is 4.61. The predicted molar refractivity (Wildman–Crippen MR) is 124 cm³/mol. The van der Waals surface area contributed by atoms with Gasteiger partial charge in [-0.25, -0.2) is 23.1 Å². The molecule has 0 fully saturated rings. The Hall–Kier alpha value is -2.88. The second-order valence-electron chi connectivity index (χ2n) is 6.93. The minimum Gasteiger partial charge on any atom is -0.479 e. The molecule has 1 atom stereocenters. The molecule has 3 aromatic rings. The molecule has 0 aliphatic heterocycles. The smallest absolute Gasteiger partial charge is 0.265 e. The van der Waals surface area contributed by atoms with E-state index in [-0.39, 0.29) is 15.9 Å². The van der Waals surface area contributed by atoms with E-state index in [2.05, 4.69) is 20.0 Å². The number of anilines is 2. The van der Waals surface area contributed by atoms with Crippen molar-refractivity contribution in [3.05, 3.63) is 70.0 Å². The molecular weight excluding hydrogens is 475 g/mol. The Morgan fingerprint density at radius 3 is 2.22 bits per heavy atom. The molecule has 0 aliphatic rings. The van der Waals surface area contributed by atoms with Gasteiger partial charge in [0.15, 0.2) is 6.10 Å². The summed E-state index contributed by atoms with van der Waals surface area (Å²) >= 11 is 11.9. The van der Waals surface area contributed by atoms with Crippen LogP contribution in [0, 0.1) is 13.8 Å². The van der Waals surface area contributed by atoms with Crippen molar-refractivity contribution in [2.75, 3.05) is 10.0 Å². The maximum atomic E-state index is 12.6. The van der Waals surface area contributed by atoms with Crippen LogP contribution in [0.3, 0.4) is 0 Å². The van der Waals surface area contributed by atoms with Gasteiger partial charge in [-0.15, -0.1) is 0 Å². The first-order valence-electron chi connectivity index (χ1n) is 9.41. The average Bonchev–Trinajstić information content (AvgIpc) is 2.69. The molecule has 168 valence electrons. The fourth-order valence-electron chi connectivity index (χ4n) is 2.73. The average molecular weight is 495 g/mol. The number of aryl methyl sites for hydroxylation is 2. The number of amides is 1. The number of nitrogens with one attached hydrogen (secondary N) is 2. The molecule has 0 saturated heterocycles. The Balaban J connectivity index is 1.66. The quantitative estimate of drug-likeness (QED) is 0.496. The van der Waals surface area contributed by atoms with E-state index < -0.39 is 22.0 Å². The summed E-state index contributed by atoms with van der Waals surface area (Å²) in [5.41, 5.74) is 1.68. The lowest BCUT2D eigenvalue weighted by Gasteiger charge is -2.16. The fraction of sp³-hybridized carbons (Fsp3) is 0.190. The van der Waals surface area contributed by atoms with Crippen LogP contribution in [-0.4, -0.2) is 30.4 Å². The number of rotatable bonds is 7. The zero-order valence-electron chi connectivity index (χ0n) is 17.4. The van der Waals surface area contributed by atoms with Crippen LogP contribution >= 0.6 is 23.2 Å². The van der Waals surface area contributed by atoms with E-state index in [4.69, 9.17) is 27.9 Å². The van der Waals surface area contributed by atoms with E-state index in [1.165, 1.54) is 30.3 Å². The van der Waals surface area contributed by atoms with Crippen LogP contribution in [0.2, 0.25) is 10.0 Å². The van der Waals surface area contributed by atoms with Gasteiger partial charge in [-0.3, -0.25) is 4.79 Å². The molecule has 2 aromatic carbocycles. The van der Waals surface area contributed by atoms with E-state index in [9.17, 15) is 13.2 Å². The number of halogens is 2. The number of nitrogens with zero attached hydrogens (tertiary/aromatic N) is 2. The van der Waals surface area contributed by atoms with Gasteiger partial charge in [-0.1, -0.05) is 23.2 Å². The molecule has 0 bridgehead atoms. The molecule has 0 unspecified atom stereocenters. The summed E-state index contributed by atoms with van der Waals surface area (Å²) in [4.78, 5) is 20.6. The van der Waals surface area contributed by atoms with Crippen molar-refractivity contribution in [3.8, 4) is 5.75 Å². The van der Waals surface area contributed by atoms with E-state index in [1.807, 2.05) is 0 Å². The summed E-state index contributed by atoms with van der Waals surface area (Å²) in [6.07, 6.45) is -0.861. The second kappa shape index (κ2) is 9.72. The molecule has 32 heavy (non-hydrogen) atoms. The second-order valence-corrected chi connectivity index (χ2v) is 9.45. The first-order valence-corrected chi connectivity index (χ1v) is 11.6. The van der Waals surface area contributed by atoms with Crippen molar-refractivity contribution in [3.63, 3.8) is 0 Å². The SMILES string of the molecule is Cc1cc(C)nc(NS(=O)(=O)c2ccc(NC(=O)[C@@H](C)Oc3ccc(Cl)cc3Cl)cc2)n1. The van der Waals surface area contributed by atoms with Crippen LogP contribution in [0.5, 0.6) is 5.75 Å². The molecule has 3 rings (SSSR count). The zero-order valence-corrected chi connectivity index (χ0v) is 19.7. The van der Waals surface area contributed by atoms with Crippen molar-refractivity contribution in [2.45, 2.75) is 31.8 Å². The molecule has 8 nitrogen and oxygen atoms in total. The van der Waals surface area contributed by atoms with Crippen molar-refractivity contribution in [1.82, 2.24) is 9.97 Å². The van der Waals surface area contributed by atoms with E-state index in [1.54, 1.807) is 39.0 Å². The molecule has 0 aliphatic carbocycles. The molecule has 1 amide bonds. The van der Waals surface area contributed by atoms with Crippen molar-refractivity contribution in [1.29, 1.82) is 0 Å². The number of aromatic nitrogens is 2. The first-order chi connectivity index (χ1) is 15.0. The van der Waals surface area contributed by atoms with Gasteiger partial charge in [0.2, 0.25) is 5.95 Å². The minimum absolute atomic E-state index is 0.00416. The lowest BCUT2D eigenvalue weighted by atomic mass is 10.3. The Bertz CT molecular complexity index is 1230. The van der Waals surface area contributed by atoms with Gasteiger partial charge in [-0.05, 0) is 69.3 Å². The van der Waals surface area contributed by atoms with Crippen LogP contribution in [0.1, 0.15) is 18.3 Å². The van der Waals surface area contributed by atoms with Crippen LogP contribution < -0.4 is 14.8 Å². The van der Waals surface area contributed by atoms with Gasteiger partial charge in [0.05, 0.1) is 9.92 Å². The maximum absolute atomic E-state index is 12.6. The topological polar surface area (TPSA) is 110 Å². The standard InChI is InChI=1S/C21H20Cl2N4O4S/c1-12-10-13(2)25-21(24-12)27-32(29,30)17-7-5-16(6-8-17)26-20(28)14(3)31-19-9-4-15(22)11-18(19)23/h4-11,14H,1-3H3,(H,26,28)(H,24,25,27)/t14-/m1/s1. The third-order valence-corrected chi connectivity index (χ3v) is 6.08. The van der Waals surface area contributed by atoms with Gasteiger partial charge in [0.25, 0.3) is 15.9 Å². The van der Waals surface area contributed by atoms with Crippen molar-refractivity contribution in [2.24, 2.45) is 0 Å². The highest BCUT2D eigenvalue weighted by molar-refractivity contribution is 7.92. The van der Waals surface area contributed by atoms with Gasteiger partial charge in [0, 0.05) is 22.1 Å². The molecule has 1 aromatic heterocycles. The molecular formula is C21H20Cl2N4O4S. The molecule has 2 N–H and O–H groups in total. The van der Waals surface area contributed by atoms with Crippen LogP contribution in [0.25, 0.3) is 0 Å². The summed E-state index contributed by atoms with van der Waals surface area (Å²) in [6.45, 7) is 5.05. The molecule has 0 radical (unpaired) electrons. The number of benzene rings is 2. The van der Waals surface area contributed by atoms with Gasteiger partial charge >= 0.3 is 0 Å². The van der Waals surface area contributed by atoms with E-state index in [0.717, 1.165) is 0 Å². The van der Waals surface area contributed by atoms with Crippen LogP contribution in [0.4, 0.5) is 11.6 Å². The van der Waals surface area contributed by atoms with Crippen LogP contribution in [-0.2, 0) is 14.8 Å². The summed E-state index contributed by atoms with van der Waals surface area (Å²) in [6, 6.07) is 12.1. The fourth-order valence-corrected chi connectivity index (χ4v) is 4.12. The number of carbonyl (C=O) groups is 1. The number of hydrogen-bond acceptors (Lipinski definition) is 6. The minimum atomic E-state index is -3.90. The number of hydrogen-bond donors (Lipinski definition) is 2. The highest BCUT2D eigenvalue weighted by Gasteiger charge is 2.19. The van der Waals surface area contributed by atoms with Crippen molar-refractivity contribution >= 4 is 50.8 Å². The summed E-state index contributed by atoms with van der Waals surface area (Å²) in [5, 5.41) is 3.40. The lowest BCUT2D eigenvalue weighted by Crippen LogP contribution is -2.30. The number of ether oxygens (including phenoxy) is 1. The molecule has 11 heteroatoms. The lowest BCUT2D eigenvalue weighted by molar-refractivity contribution is -0.122. The number of sulfonamides is 1. The zero-order chi connectivity index (χ0) is 23.5. The van der Waals surface area contributed by atoms with Gasteiger partial charge < -0.3 is 10.1 Å². The Kier molecular flexibility index (Phi) is 7.22. The van der Waals surface area contributed by atoms with Crippen LogP contribution in [0.15, 0.2) is 53.4 Å². The normalized spacial score (nSPS) is 12.2. The summed E-state index contributed by atoms with van der Waals surface area (Å²) < 4.78 is 33.1. The first kappa shape index (κ1) is 23.8. The highest BCUT2D eigenvalue weighted by atomic mass is 35.5. The highest BCUT2D eigenvalue weighted by Crippen LogP contribution is 2.28. The summed E-state index contributed by atoms with van der Waals surface area (Å²) in [5.74, 6) is -0.125. The third kappa shape index (κ3) is 6.09. The summed E-state index contributed by atoms with van der Waals surface area (Å²) in [7, 11) is -3.90. The Labute approximate surface area is 196 Å². The third-order valence-electron chi connectivity index (χ3n) is 4.21. The van der Waals surface area contributed by atoms with Gasteiger partial charge in [-0.2, -0.15) is 0 Å². The maximum Gasteiger partial charge on any atom is 0.265 e. The molecule has 0 spiro atoms. The molecule has 0 saturated carbocycles. The van der Waals surface area contributed by atoms with Crippen molar-refractivity contribution < 1.29 is 17.9 Å². The van der Waals surface area contributed by atoms with Gasteiger partial charge in [0.1, 0.15) is 5.75 Å². The monoisotopic (exact) mass is 494 g/mol. The Morgan fingerprint density at radius 2 is 1.62 bits per heavy atom.